The van der Waals surface area contributed by atoms with E-state index in [2.05, 4.69) is 0 Å². The normalized spacial score (nSPS) is 10.9. The third-order valence-corrected chi connectivity index (χ3v) is 2.99. The highest BCUT2D eigenvalue weighted by atomic mass is 16.6. The predicted molar refractivity (Wildman–Crippen MR) is 76.4 cm³/mol. The number of benzene rings is 1. The molecule has 0 spiro atoms. The minimum Gasteiger partial charge on any atom is -0.462 e. The highest BCUT2D eigenvalue weighted by Crippen LogP contribution is 2.23. The van der Waals surface area contributed by atoms with Gasteiger partial charge in [-0.05, 0) is 32.4 Å². The lowest BCUT2D eigenvalue weighted by Crippen LogP contribution is -2.27. The summed E-state index contributed by atoms with van der Waals surface area (Å²) in [5, 5.41) is 0. The Balaban J connectivity index is 2.29. The monoisotopic (exact) mass is 278 g/mol. The zero-order chi connectivity index (χ0) is 15.0. The molecule has 0 N–H and O–H groups in total. The molecule has 110 valence electrons. The molecule has 0 fully saturated rings. The van der Waals surface area contributed by atoms with Crippen LogP contribution in [0, 0.1) is 5.41 Å². The van der Waals surface area contributed by atoms with E-state index in [1.165, 1.54) is 0 Å². The molecule has 20 heavy (non-hydrogen) atoms. The predicted octanol–water partition coefficient (Wildman–Crippen LogP) is 3.21. The summed E-state index contributed by atoms with van der Waals surface area (Å²) >= 11 is 0. The van der Waals surface area contributed by atoms with Gasteiger partial charge < -0.3 is 9.47 Å². The molecule has 0 saturated heterocycles. The maximum Gasteiger partial charge on any atom is 0.338 e. The highest BCUT2D eigenvalue weighted by Gasteiger charge is 2.28. The van der Waals surface area contributed by atoms with Crippen molar-refractivity contribution in [3.05, 3.63) is 35.9 Å². The Morgan fingerprint density at radius 1 is 1.05 bits per heavy atom. The summed E-state index contributed by atoms with van der Waals surface area (Å²) in [5.74, 6) is -0.662. The van der Waals surface area contributed by atoms with E-state index in [9.17, 15) is 9.59 Å². The maximum absolute atomic E-state index is 11.8. The Bertz CT molecular complexity index is 437. The first-order chi connectivity index (χ1) is 9.47. The van der Waals surface area contributed by atoms with Crippen LogP contribution < -0.4 is 0 Å². The van der Waals surface area contributed by atoms with E-state index in [1.54, 1.807) is 24.3 Å². The van der Waals surface area contributed by atoms with Crippen LogP contribution in [0.15, 0.2) is 30.3 Å². The van der Waals surface area contributed by atoms with Crippen LogP contribution in [0.1, 0.15) is 44.0 Å². The minimum atomic E-state index is -0.488. The molecule has 4 heteroatoms. The Hall–Kier alpha value is -1.84. The molecule has 1 aromatic carbocycles. The summed E-state index contributed by atoms with van der Waals surface area (Å²) in [5.41, 5.74) is 0.00296. The van der Waals surface area contributed by atoms with Crippen LogP contribution in [0.5, 0.6) is 0 Å². The molecule has 0 bridgehead atoms. The number of rotatable bonds is 7. The Labute approximate surface area is 120 Å². The van der Waals surface area contributed by atoms with Crippen LogP contribution in [-0.4, -0.2) is 25.2 Å². The summed E-state index contributed by atoms with van der Waals surface area (Å²) in [7, 11) is 0. The summed E-state index contributed by atoms with van der Waals surface area (Å²) in [4.78, 5) is 23.4. The fourth-order valence-corrected chi connectivity index (χ4v) is 1.85. The van der Waals surface area contributed by atoms with Gasteiger partial charge in [-0.15, -0.1) is 0 Å². The number of hydrogen-bond acceptors (Lipinski definition) is 4. The van der Waals surface area contributed by atoms with Gasteiger partial charge in [0.05, 0.1) is 11.0 Å². The standard InChI is InChI=1S/C16H22O4/c1-4-10-16(2,3)15(18)20-12-11-19-14(17)13-8-6-5-7-9-13/h5-9H,4,10-12H2,1-3H3. The smallest absolute Gasteiger partial charge is 0.338 e. The first-order valence-electron chi connectivity index (χ1n) is 6.87. The molecule has 0 aliphatic carbocycles. The largest absolute Gasteiger partial charge is 0.462 e. The zero-order valence-corrected chi connectivity index (χ0v) is 12.3. The van der Waals surface area contributed by atoms with E-state index in [-0.39, 0.29) is 19.2 Å². The number of ether oxygens (including phenoxy) is 2. The van der Waals surface area contributed by atoms with Gasteiger partial charge in [-0.1, -0.05) is 31.5 Å². The fourth-order valence-electron chi connectivity index (χ4n) is 1.85. The van der Waals surface area contributed by atoms with Gasteiger partial charge in [-0.25, -0.2) is 4.79 Å². The Kier molecular flexibility index (Phi) is 6.22. The van der Waals surface area contributed by atoms with E-state index in [4.69, 9.17) is 9.47 Å². The molecule has 4 nitrogen and oxygen atoms in total. The van der Waals surface area contributed by atoms with Crippen LogP contribution in [0.2, 0.25) is 0 Å². The van der Waals surface area contributed by atoms with Crippen LogP contribution in [0.4, 0.5) is 0 Å². The third-order valence-electron chi connectivity index (χ3n) is 2.99. The topological polar surface area (TPSA) is 52.6 Å². The van der Waals surface area contributed by atoms with Gasteiger partial charge in [0.2, 0.25) is 0 Å². The number of carbonyl (C=O) groups is 2. The minimum absolute atomic E-state index is 0.0711. The van der Waals surface area contributed by atoms with E-state index in [0.717, 1.165) is 12.8 Å². The van der Waals surface area contributed by atoms with Gasteiger partial charge in [-0.2, -0.15) is 0 Å². The van der Waals surface area contributed by atoms with Crippen molar-refractivity contribution in [3.63, 3.8) is 0 Å². The summed E-state index contributed by atoms with van der Waals surface area (Å²) in [6, 6.07) is 8.72. The van der Waals surface area contributed by atoms with Crippen molar-refractivity contribution in [2.24, 2.45) is 5.41 Å². The van der Waals surface area contributed by atoms with Crippen LogP contribution >= 0.6 is 0 Å². The highest BCUT2D eigenvalue weighted by molar-refractivity contribution is 5.89. The van der Waals surface area contributed by atoms with E-state index >= 15 is 0 Å². The van der Waals surface area contributed by atoms with Crippen molar-refractivity contribution in [1.82, 2.24) is 0 Å². The molecular weight excluding hydrogens is 256 g/mol. The van der Waals surface area contributed by atoms with E-state index in [1.807, 2.05) is 26.8 Å². The molecule has 0 amide bonds. The van der Waals surface area contributed by atoms with Crippen molar-refractivity contribution < 1.29 is 19.1 Å². The van der Waals surface area contributed by atoms with Gasteiger partial charge in [0, 0.05) is 0 Å². The summed E-state index contributed by atoms with van der Waals surface area (Å²) < 4.78 is 10.2. The van der Waals surface area contributed by atoms with Crippen LogP contribution in [0.25, 0.3) is 0 Å². The van der Waals surface area contributed by atoms with E-state index in [0.29, 0.717) is 5.56 Å². The second-order valence-electron chi connectivity index (χ2n) is 5.27. The van der Waals surface area contributed by atoms with Crippen molar-refractivity contribution in [3.8, 4) is 0 Å². The van der Waals surface area contributed by atoms with Gasteiger partial charge in [-0.3, -0.25) is 4.79 Å². The van der Waals surface area contributed by atoms with Gasteiger partial charge in [0.1, 0.15) is 13.2 Å². The molecular formula is C16H22O4. The van der Waals surface area contributed by atoms with Gasteiger partial charge in [0.15, 0.2) is 0 Å². The number of esters is 2. The van der Waals surface area contributed by atoms with Crippen molar-refractivity contribution >= 4 is 11.9 Å². The molecule has 0 aliphatic heterocycles. The van der Waals surface area contributed by atoms with Gasteiger partial charge in [0.25, 0.3) is 0 Å². The quantitative estimate of drug-likeness (QED) is 0.567. The molecule has 1 rings (SSSR count). The molecule has 0 radical (unpaired) electrons. The summed E-state index contributed by atoms with van der Waals surface area (Å²) in [6.45, 7) is 5.90. The second-order valence-corrected chi connectivity index (χ2v) is 5.27. The van der Waals surface area contributed by atoms with Crippen LogP contribution in [-0.2, 0) is 14.3 Å². The maximum atomic E-state index is 11.8. The first-order valence-corrected chi connectivity index (χ1v) is 6.87. The number of carbonyl (C=O) groups excluding carboxylic acids is 2. The third kappa shape index (κ3) is 5.03. The fraction of sp³-hybridized carbons (Fsp3) is 0.500. The molecule has 0 aliphatic rings. The van der Waals surface area contributed by atoms with Gasteiger partial charge >= 0.3 is 11.9 Å². The zero-order valence-electron chi connectivity index (χ0n) is 12.3. The lowest BCUT2D eigenvalue weighted by Gasteiger charge is -2.21. The second kappa shape index (κ2) is 7.68. The number of hydrogen-bond donors (Lipinski definition) is 0. The summed E-state index contributed by atoms with van der Waals surface area (Å²) in [6.07, 6.45) is 1.70. The molecule has 0 heterocycles. The average Bonchev–Trinajstić information content (AvgIpc) is 2.44. The molecule has 0 atom stereocenters. The molecule has 0 saturated carbocycles. The Morgan fingerprint density at radius 3 is 2.25 bits per heavy atom. The SMILES string of the molecule is CCCC(C)(C)C(=O)OCCOC(=O)c1ccccc1. The van der Waals surface area contributed by atoms with Crippen molar-refractivity contribution in [1.29, 1.82) is 0 Å². The Morgan fingerprint density at radius 2 is 1.65 bits per heavy atom. The molecule has 0 aromatic heterocycles. The van der Waals surface area contributed by atoms with Crippen molar-refractivity contribution in [2.45, 2.75) is 33.6 Å². The van der Waals surface area contributed by atoms with E-state index < -0.39 is 11.4 Å². The van der Waals surface area contributed by atoms with Crippen LogP contribution in [0.3, 0.4) is 0 Å². The molecule has 1 aromatic rings. The van der Waals surface area contributed by atoms with Crippen molar-refractivity contribution in [2.75, 3.05) is 13.2 Å². The molecule has 0 unspecified atom stereocenters. The first kappa shape index (κ1) is 16.2. The lowest BCUT2D eigenvalue weighted by molar-refractivity contribution is -0.155. The lowest BCUT2D eigenvalue weighted by atomic mass is 9.88. The average molecular weight is 278 g/mol.